The lowest BCUT2D eigenvalue weighted by Crippen LogP contribution is -2.37. The van der Waals surface area contributed by atoms with Crippen molar-refractivity contribution in [2.24, 2.45) is 0 Å². The van der Waals surface area contributed by atoms with E-state index in [0.29, 0.717) is 43.9 Å². The van der Waals surface area contributed by atoms with E-state index < -0.39 is 6.09 Å². The predicted octanol–water partition coefficient (Wildman–Crippen LogP) is 5.09. The number of likely N-dealkylation sites (tertiary alicyclic amines) is 1. The molecule has 0 aliphatic carbocycles. The molecule has 3 aromatic heterocycles. The highest BCUT2D eigenvalue weighted by Gasteiger charge is 2.34. The second-order valence-corrected chi connectivity index (χ2v) is 10.4. The molecule has 200 valence electrons. The summed E-state index contributed by atoms with van der Waals surface area (Å²) in [6.07, 6.45) is 6.81. The molecule has 39 heavy (non-hydrogen) atoms. The number of ether oxygens (including phenoxy) is 1. The molecule has 2 amide bonds. The molecular weight excluding hydrogens is 494 g/mol. The SMILES string of the molecule is COCc1cc(C(=O)N2CCc3cc(-c4cnc5[nH]cc(C)c5c4)cc(C4CCCN4C(=O)O)c3C2)ccn1. The topological polar surface area (TPSA) is 112 Å². The van der Waals surface area contributed by atoms with Gasteiger partial charge in [-0.25, -0.2) is 9.78 Å². The smallest absolute Gasteiger partial charge is 0.407 e. The number of hydrogen-bond acceptors (Lipinski definition) is 5. The second kappa shape index (κ2) is 10.1. The number of methoxy groups -OCH3 is 1. The molecule has 0 radical (unpaired) electrons. The molecule has 2 N–H and O–H groups in total. The van der Waals surface area contributed by atoms with Crippen LogP contribution in [0.3, 0.4) is 0 Å². The summed E-state index contributed by atoms with van der Waals surface area (Å²) in [4.78, 5) is 41.2. The molecule has 0 saturated carbocycles. The van der Waals surface area contributed by atoms with E-state index in [-0.39, 0.29) is 11.9 Å². The summed E-state index contributed by atoms with van der Waals surface area (Å²) in [5.41, 5.74) is 8.47. The molecule has 6 rings (SSSR count). The Kier molecular flexibility index (Phi) is 6.52. The zero-order chi connectivity index (χ0) is 27.1. The molecular formula is C30H31N5O4. The summed E-state index contributed by atoms with van der Waals surface area (Å²) in [5.74, 6) is -0.0606. The van der Waals surface area contributed by atoms with Gasteiger partial charge in [-0.1, -0.05) is 6.07 Å². The lowest BCUT2D eigenvalue weighted by atomic mass is 9.86. The number of aryl methyl sites for hydroxylation is 1. The van der Waals surface area contributed by atoms with E-state index in [2.05, 4.69) is 40.1 Å². The summed E-state index contributed by atoms with van der Waals surface area (Å²) >= 11 is 0. The number of amides is 2. The summed E-state index contributed by atoms with van der Waals surface area (Å²) < 4.78 is 5.18. The number of fused-ring (bicyclic) bond motifs is 2. The minimum Gasteiger partial charge on any atom is -0.465 e. The first kappa shape index (κ1) is 25.1. The van der Waals surface area contributed by atoms with E-state index in [1.54, 1.807) is 25.4 Å². The van der Waals surface area contributed by atoms with Crippen molar-refractivity contribution in [2.75, 3.05) is 20.2 Å². The van der Waals surface area contributed by atoms with Gasteiger partial charge in [-0.05, 0) is 78.3 Å². The molecule has 9 heteroatoms. The largest absolute Gasteiger partial charge is 0.465 e. The number of nitrogens with one attached hydrogen (secondary N) is 1. The third kappa shape index (κ3) is 4.63. The van der Waals surface area contributed by atoms with Crippen molar-refractivity contribution < 1.29 is 19.4 Å². The number of nitrogens with zero attached hydrogens (tertiary/aromatic N) is 4. The van der Waals surface area contributed by atoms with E-state index in [1.807, 2.05) is 17.3 Å². The predicted molar refractivity (Wildman–Crippen MR) is 146 cm³/mol. The number of H-pyrrole nitrogens is 1. The fraction of sp³-hybridized carbons (Fsp3) is 0.333. The number of aromatic nitrogens is 3. The van der Waals surface area contributed by atoms with Gasteiger partial charge in [0.1, 0.15) is 5.65 Å². The first-order valence-corrected chi connectivity index (χ1v) is 13.3. The van der Waals surface area contributed by atoms with E-state index in [9.17, 15) is 14.7 Å². The normalized spacial score (nSPS) is 17.0. The molecule has 9 nitrogen and oxygen atoms in total. The number of benzene rings is 1. The van der Waals surface area contributed by atoms with Gasteiger partial charge in [0.2, 0.25) is 0 Å². The first-order valence-electron chi connectivity index (χ1n) is 13.3. The van der Waals surface area contributed by atoms with Crippen LogP contribution in [0.25, 0.3) is 22.2 Å². The van der Waals surface area contributed by atoms with Crippen molar-refractivity contribution in [1.29, 1.82) is 0 Å². The van der Waals surface area contributed by atoms with E-state index >= 15 is 0 Å². The summed E-state index contributed by atoms with van der Waals surface area (Å²) in [5, 5.41) is 11.0. The van der Waals surface area contributed by atoms with Crippen molar-refractivity contribution in [1.82, 2.24) is 24.8 Å². The number of pyridine rings is 2. The molecule has 5 heterocycles. The van der Waals surface area contributed by atoms with Gasteiger partial charge in [-0.15, -0.1) is 0 Å². The van der Waals surface area contributed by atoms with Crippen LogP contribution >= 0.6 is 0 Å². The summed E-state index contributed by atoms with van der Waals surface area (Å²) in [6.45, 7) is 3.92. The van der Waals surface area contributed by atoms with Crippen molar-refractivity contribution in [3.8, 4) is 11.1 Å². The quantitative estimate of drug-likeness (QED) is 0.375. The fourth-order valence-electron chi connectivity index (χ4n) is 5.97. The lowest BCUT2D eigenvalue weighted by molar-refractivity contribution is 0.0732. The summed E-state index contributed by atoms with van der Waals surface area (Å²) in [6, 6.07) is 9.72. The van der Waals surface area contributed by atoms with Crippen LogP contribution < -0.4 is 0 Å². The van der Waals surface area contributed by atoms with Gasteiger partial charge >= 0.3 is 6.09 Å². The standard InChI is InChI=1S/C30H31N5O4/c1-18-14-32-28-24(18)13-22(15-33-28)21-10-19-6-9-34(29(36)20-5-7-31-23(11-20)17-39-2)16-26(19)25(12-21)27-4-3-8-35(27)30(37)38/h5,7,10-15,27H,3-4,6,8-9,16-17H2,1-2H3,(H,32,33)(H,37,38). The average Bonchev–Trinajstić information content (AvgIpc) is 3.59. The van der Waals surface area contributed by atoms with Crippen LogP contribution in [0, 0.1) is 6.92 Å². The Bertz CT molecular complexity index is 1580. The zero-order valence-corrected chi connectivity index (χ0v) is 22.1. The van der Waals surface area contributed by atoms with Crippen LogP contribution in [-0.4, -0.2) is 62.1 Å². The van der Waals surface area contributed by atoms with Crippen LogP contribution in [0.1, 0.15) is 57.2 Å². The van der Waals surface area contributed by atoms with Crippen LogP contribution in [0.5, 0.6) is 0 Å². The van der Waals surface area contributed by atoms with E-state index in [4.69, 9.17) is 4.74 Å². The van der Waals surface area contributed by atoms with Gasteiger partial charge in [-0.2, -0.15) is 0 Å². The van der Waals surface area contributed by atoms with Crippen LogP contribution in [0.15, 0.2) is 48.9 Å². The molecule has 0 spiro atoms. The highest BCUT2D eigenvalue weighted by atomic mass is 16.5. The van der Waals surface area contributed by atoms with E-state index in [1.165, 1.54) is 4.90 Å². The second-order valence-electron chi connectivity index (χ2n) is 10.4. The molecule has 1 unspecified atom stereocenters. The summed E-state index contributed by atoms with van der Waals surface area (Å²) in [7, 11) is 1.60. The molecule has 1 aromatic carbocycles. The fourth-order valence-corrected chi connectivity index (χ4v) is 5.97. The molecule has 0 bridgehead atoms. The van der Waals surface area contributed by atoms with E-state index in [0.717, 1.165) is 57.3 Å². The number of carbonyl (C=O) groups is 2. The van der Waals surface area contributed by atoms with Gasteiger partial charge < -0.3 is 24.6 Å². The third-order valence-electron chi connectivity index (χ3n) is 7.95. The molecule has 1 fully saturated rings. The van der Waals surface area contributed by atoms with Crippen LogP contribution in [0.4, 0.5) is 4.79 Å². The highest BCUT2D eigenvalue weighted by molar-refractivity contribution is 5.94. The number of aromatic amines is 1. The van der Waals surface area contributed by atoms with Gasteiger partial charge in [-0.3, -0.25) is 9.78 Å². The Balaban J connectivity index is 1.40. The van der Waals surface area contributed by atoms with Gasteiger partial charge in [0.05, 0.1) is 18.3 Å². The molecule has 4 aromatic rings. The van der Waals surface area contributed by atoms with Crippen LogP contribution in [0.2, 0.25) is 0 Å². The number of hydrogen-bond donors (Lipinski definition) is 2. The Morgan fingerprint density at radius 3 is 2.85 bits per heavy atom. The number of rotatable bonds is 5. The molecule has 2 aliphatic heterocycles. The minimum absolute atomic E-state index is 0.0606. The first-order chi connectivity index (χ1) is 18.9. The number of carboxylic acid groups (broad SMARTS) is 1. The monoisotopic (exact) mass is 525 g/mol. The Labute approximate surface area is 226 Å². The third-order valence-corrected chi connectivity index (χ3v) is 7.95. The molecule has 1 atom stereocenters. The maximum atomic E-state index is 13.5. The number of carbonyl (C=O) groups excluding carboxylic acids is 1. The maximum Gasteiger partial charge on any atom is 0.407 e. The van der Waals surface area contributed by atoms with Crippen molar-refractivity contribution in [2.45, 2.75) is 45.4 Å². The van der Waals surface area contributed by atoms with Crippen molar-refractivity contribution in [3.05, 3.63) is 82.4 Å². The van der Waals surface area contributed by atoms with Crippen molar-refractivity contribution in [3.63, 3.8) is 0 Å². The van der Waals surface area contributed by atoms with Crippen molar-refractivity contribution >= 4 is 23.0 Å². The van der Waals surface area contributed by atoms with Gasteiger partial charge in [0, 0.05) is 61.8 Å². The Morgan fingerprint density at radius 2 is 2.03 bits per heavy atom. The zero-order valence-electron chi connectivity index (χ0n) is 22.1. The Morgan fingerprint density at radius 1 is 1.15 bits per heavy atom. The molecule has 2 aliphatic rings. The Hall–Kier alpha value is -4.24. The highest BCUT2D eigenvalue weighted by Crippen LogP contribution is 2.40. The van der Waals surface area contributed by atoms with Gasteiger partial charge in [0.15, 0.2) is 0 Å². The lowest BCUT2D eigenvalue weighted by Gasteiger charge is -2.34. The van der Waals surface area contributed by atoms with Gasteiger partial charge in [0.25, 0.3) is 5.91 Å². The average molecular weight is 526 g/mol. The minimum atomic E-state index is -0.908. The molecule has 1 saturated heterocycles. The van der Waals surface area contributed by atoms with Crippen LogP contribution in [-0.2, 0) is 24.3 Å². The maximum absolute atomic E-state index is 13.5.